The van der Waals surface area contributed by atoms with Crippen molar-refractivity contribution in [2.45, 2.75) is 22.6 Å². The summed E-state index contributed by atoms with van der Waals surface area (Å²) in [7, 11) is 0.598. The van der Waals surface area contributed by atoms with Crippen LogP contribution in [-0.4, -0.2) is 82.7 Å². The lowest BCUT2D eigenvalue weighted by Gasteiger charge is -2.14. The number of hydrogen-bond donors (Lipinski definition) is 1. The van der Waals surface area contributed by atoms with Crippen molar-refractivity contribution in [2.75, 3.05) is 21.1 Å². The van der Waals surface area contributed by atoms with Gasteiger partial charge in [-0.05, 0) is 99.1 Å². The zero-order valence-corrected chi connectivity index (χ0v) is 35.9. The van der Waals surface area contributed by atoms with Gasteiger partial charge >= 0.3 is 0 Å². The molecule has 2 heterocycles. The molecule has 0 aliphatic carbocycles. The van der Waals surface area contributed by atoms with E-state index in [2.05, 4.69) is 96.2 Å². The second-order valence-corrected chi connectivity index (χ2v) is 18.4. The molecule has 0 aliphatic rings. The monoisotopic (exact) mass is 852 g/mol. The Balaban J connectivity index is 0.000000184. The molecule has 8 aromatic rings. The zero-order chi connectivity index (χ0) is 43.1. The highest BCUT2D eigenvalue weighted by molar-refractivity contribution is 7.89. The largest absolute Gasteiger partial charge is 0.242 e. The summed E-state index contributed by atoms with van der Waals surface area (Å²) < 4.78 is 53.4. The maximum atomic E-state index is 12.7. The van der Waals surface area contributed by atoms with Crippen molar-refractivity contribution in [2.24, 2.45) is 14.1 Å². The third-order valence-electron chi connectivity index (χ3n) is 9.88. The van der Waals surface area contributed by atoms with Crippen molar-refractivity contribution < 1.29 is 16.8 Å². The normalized spacial score (nSPS) is 11.6. The molecule has 8 rings (SSSR count). The molecular weight excluding hydrogens is 809 g/mol. The molecule has 0 saturated heterocycles. The van der Waals surface area contributed by atoms with Gasteiger partial charge in [0.05, 0.1) is 23.9 Å². The van der Waals surface area contributed by atoms with E-state index in [4.69, 9.17) is 0 Å². The van der Waals surface area contributed by atoms with E-state index in [9.17, 15) is 16.8 Å². The number of sulfonamides is 2. The van der Waals surface area contributed by atoms with E-state index < -0.39 is 20.0 Å². The Morgan fingerprint density at radius 3 is 1.36 bits per heavy atom. The summed E-state index contributed by atoms with van der Waals surface area (Å²) in [6.45, 7) is 0. The van der Waals surface area contributed by atoms with E-state index in [1.54, 1.807) is 38.4 Å². The van der Waals surface area contributed by atoms with Crippen molar-refractivity contribution in [3.05, 3.63) is 168 Å². The predicted molar refractivity (Wildman–Crippen MR) is 235 cm³/mol. The summed E-state index contributed by atoms with van der Waals surface area (Å²) in [5.74, 6) is 0.785. The SMILES string of the molecule is CN(C)S(=O)(=O)c1ccc(Cc2cccc(-c3ccccc3)c2)c(-c2nnn(C)n2)c1.CNS(=O)(=O)c1ccc(Cc2cccc(-c3ccccc3)c2)c(-c2nnn(C)n2)c1. The van der Waals surface area contributed by atoms with Crippen molar-refractivity contribution in [1.82, 2.24) is 49.4 Å². The molecule has 310 valence electrons. The Labute approximate surface area is 355 Å². The van der Waals surface area contributed by atoms with Crippen LogP contribution in [0.25, 0.3) is 45.0 Å². The molecule has 16 heteroatoms. The van der Waals surface area contributed by atoms with Crippen LogP contribution in [0.4, 0.5) is 0 Å². The van der Waals surface area contributed by atoms with Crippen LogP contribution in [0, 0.1) is 0 Å². The molecule has 0 amide bonds. The van der Waals surface area contributed by atoms with Crippen LogP contribution in [0.15, 0.2) is 155 Å². The van der Waals surface area contributed by atoms with Crippen molar-refractivity contribution in [3.63, 3.8) is 0 Å². The van der Waals surface area contributed by atoms with Crippen molar-refractivity contribution in [3.8, 4) is 45.0 Å². The highest BCUT2D eigenvalue weighted by Gasteiger charge is 2.22. The van der Waals surface area contributed by atoms with Gasteiger partial charge in [0.2, 0.25) is 31.7 Å². The van der Waals surface area contributed by atoms with Gasteiger partial charge in [0.1, 0.15) is 0 Å². The Morgan fingerprint density at radius 2 is 0.951 bits per heavy atom. The first-order valence-corrected chi connectivity index (χ1v) is 22.1. The average molecular weight is 853 g/mol. The summed E-state index contributed by atoms with van der Waals surface area (Å²) in [4.78, 5) is 3.08. The summed E-state index contributed by atoms with van der Waals surface area (Å²) in [6, 6.07) is 47.1. The third-order valence-corrected chi connectivity index (χ3v) is 13.1. The van der Waals surface area contributed by atoms with Gasteiger partial charge in [-0.2, -0.15) is 9.59 Å². The van der Waals surface area contributed by atoms with Crippen LogP contribution >= 0.6 is 0 Å². The van der Waals surface area contributed by atoms with E-state index in [1.807, 2.05) is 60.7 Å². The maximum Gasteiger partial charge on any atom is 0.242 e. The fraction of sp³-hybridized carbons (Fsp3) is 0.156. The van der Waals surface area contributed by atoms with Gasteiger partial charge in [0.25, 0.3) is 0 Å². The van der Waals surface area contributed by atoms with Gasteiger partial charge in [0, 0.05) is 25.2 Å². The number of hydrogen-bond acceptors (Lipinski definition) is 10. The number of nitrogens with one attached hydrogen (secondary N) is 1. The van der Waals surface area contributed by atoms with Crippen LogP contribution in [-0.2, 0) is 47.0 Å². The second-order valence-electron chi connectivity index (χ2n) is 14.3. The van der Waals surface area contributed by atoms with Crippen LogP contribution < -0.4 is 4.72 Å². The fourth-order valence-corrected chi connectivity index (χ4v) is 8.38. The Kier molecular flexibility index (Phi) is 12.7. The Bertz CT molecular complexity index is 3010. The molecule has 0 fully saturated rings. The Hall–Kier alpha value is -6.72. The standard InChI is InChI=1S/C23H23N5O2S.C22H21N5O2S/c1-27(2)31(29,30)21-13-12-20(22(16-21)23-24-26-28(3)25-23)15-17-8-7-11-19(14-17)18-9-5-4-6-10-18;1-23-30(28,29)20-12-11-19(21(15-20)22-24-26-27(2)25-22)14-16-7-6-10-18(13-16)17-8-4-3-5-9-17/h4-14,16H,15H2,1-3H3;3-13,15,23H,14H2,1-2H3. The number of nitrogens with zero attached hydrogens (tertiary/aromatic N) is 9. The number of benzene rings is 6. The minimum absolute atomic E-state index is 0.161. The van der Waals surface area contributed by atoms with E-state index in [-0.39, 0.29) is 9.79 Å². The second kappa shape index (κ2) is 18.3. The molecule has 14 nitrogen and oxygen atoms in total. The molecule has 61 heavy (non-hydrogen) atoms. The fourth-order valence-electron chi connectivity index (χ4n) is 6.70. The predicted octanol–water partition coefficient (Wildman–Crippen LogP) is 6.43. The maximum absolute atomic E-state index is 12.7. The molecule has 0 saturated carbocycles. The topological polar surface area (TPSA) is 171 Å². The third kappa shape index (κ3) is 10.0. The molecule has 0 unspecified atom stereocenters. The molecule has 1 N–H and O–H groups in total. The van der Waals surface area contributed by atoms with Crippen LogP contribution in [0.5, 0.6) is 0 Å². The minimum Gasteiger partial charge on any atom is -0.214 e. The van der Waals surface area contributed by atoms with E-state index in [0.717, 1.165) is 44.5 Å². The molecule has 2 aromatic heterocycles. The average Bonchev–Trinajstić information content (AvgIpc) is 3.92. The lowest BCUT2D eigenvalue weighted by atomic mass is 9.96. The molecule has 0 aliphatic heterocycles. The summed E-state index contributed by atoms with van der Waals surface area (Å²) >= 11 is 0. The molecule has 6 aromatic carbocycles. The minimum atomic E-state index is -3.59. The first-order chi connectivity index (χ1) is 29.3. The van der Waals surface area contributed by atoms with E-state index in [0.29, 0.717) is 35.6 Å². The number of tetrazole rings is 2. The first kappa shape index (κ1) is 42.4. The first-order valence-electron chi connectivity index (χ1n) is 19.2. The number of aryl methyl sites for hydroxylation is 2. The van der Waals surface area contributed by atoms with Crippen molar-refractivity contribution in [1.29, 1.82) is 0 Å². The van der Waals surface area contributed by atoms with E-state index >= 15 is 0 Å². The van der Waals surface area contributed by atoms with Gasteiger partial charge in [-0.3, -0.25) is 0 Å². The highest BCUT2D eigenvalue weighted by atomic mass is 32.2. The molecule has 0 radical (unpaired) electrons. The van der Waals surface area contributed by atoms with Gasteiger partial charge in [-0.1, -0.05) is 121 Å². The number of rotatable bonds is 12. The molecule has 0 bridgehead atoms. The summed E-state index contributed by atoms with van der Waals surface area (Å²) in [6.07, 6.45) is 1.21. The molecule has 0 atom stereocenters. The van der Waals surface area contributed by atoms with Gasteiger partial charge in [0.15, 0.2) is 0 Å². The summed E-state index contributed by atoms with van der Waals surface area (Å²) in [5.41, 5.74) is 9.90. The van der Waals surface area contributed by atoms with Gasteiger partial charge in [-0.25, -0.2) is 25.9 Å². The van der Waals surface area contributed by atoms with Crippen LogP contribution in [0.3, 0.4) is 0 Å². The van der Waals surface area contributed by atoms with Crippen LogP contribution in [0.1, 0.15) is 22.3 Å². The van der Waals surface area contributed by atoms with E-state index in [1.165, 1.54) is 35.0 Å². The Morgan fingerprint density at radius 1 is 0.525 bits per heavy atom. The summed E-state index contributed by atoms with van der Waals surface area (Å²) in [5, 5.41) is 24.6. The molecular formula is C45H44N10O4S2. The number of aromatic nitrogens is 8. The smallest absolute Gasteiger partial charge is 0.214 e. The van der Waals surface area contributed by atoms with Gasteiger partial charge in [-0.15, -0.1) is 20.4 Å². The highest BCUT2D eigenvalue weighted by Crippen LogP contribution is 2.30. The molecule has 0 spiro atoms. The lowest BCUT2D eigenvalue weighted by Crippen LogP contribution is -2.22. The zero-order valence-electron chi connectivity index (χ0n) is 34.2. The quantitative estimate of drug-likeness (QED) is 0.145. The lowest BCUT2D eigenvalue weighted by molar-refractivity contribution is 0.520. The van der Waals surface area contributed by atoms with Gasteiger partial charge < -0.3 is 0 Å². The van der Waals surface area contributed by atoms with Crippen molar-refractivity contribution >= 4 is 20.0 Å². The van der Waals surface area contributed by atoms with Crippen LogP contribution in [0.2, 0.25) is 0 Å².